The largest absolute Gasteiger partial charge is 0.481 e. The predicted molar refractivity (Wildman–Crippen MR) is 76.4 cm³/mol. The maximum Gasteiger partial charge on any atom is 0.303 e. The molecule has 0 spiro atoms. The van der Waals surface area contributed by atoms with Crippen LogP contribution in [0.4, 0.5) is 5.69 Å². The van der Waals surface area contributed by atoms with Crippen LogP contribution in [0.1, 0.15) is 40.7 Å². The van der Waals surface area contributed by atoms with Gasteiger partial charge in [-0.3, -0.25) is 19.7 Å². The lowest BCUT2D eigenvalue weighted by atomic mass is 10.0. The average molecular weight is 294 g/mol. The van der Waals surface area contributed by atoms with Gasteiger partial charge < -0.3 is 10.4 Å². The van der Waals surface area contributed by atoms with Gasteiger partial charge in [0, 0.05) is 29.7 Å². The lowest BCUT2D eigenvalue weighted by molar-refractivity contribution is -0.386. The number of hydrogen-bond donors (Lipinski definition) is 2. The number of amides is 1. The molecule has 1 amide bonds. The Bertz CT molecular complexity index is 545. The quantitative estimate of drug-likeness (QED) is 0.455. The molecule has 0 heterocycles. The molecule has 0 bridgehead atoms. The van der Waals surface area contributed by atoms with Crippen LogP contribution in [0.15, 0.2) is 12.1 Å². The van der Waals surface area contributed by atoms with Crippen LogP contribution in [0.3, 0.4) is 0 Å². The molecule has 0 aliphatic heterocycles. The molecule has 0 saturated heterocycles. The Morgan fingerprint density at radius 1 is 1.24 bits per heavy atom. The lowest BCUT2D eigenvalue weighted by Gasteiger charge is -2.07. The molecule has 0 saturated carbocycles. The van der Waals surface area contributed by atoms with E-state index in [4.69, 9.17) is 5.11 Å². The third-order valence-corrected chi connectivity index (χ3v) is 3.04. The number of nitrogens with zero attached hydrogens (tertiary/aromatic N) is 1. The van der Waals surface area contributed by atoms with Crippen molar-refractivity contribution in [2.75, 3.05) is 6.54 Å². The molecule has 0 aliphatic rings. The van der Waals surface area contributed by atoms with E-state index in [1.807, 2.05) is 0 Å². The zero-order valence-corrected chi connectivity index (χ0v) is 12.0. The van der Waals surface area contributed by atoms with Gasteiger partial charge >= 0.3 is 5.97 Å². The minimum absolute atomic E-state index is 0.0213. The van der Waals surface area contributed by atoms with E-state index in [-0.39, 0.29) is 18.0 Å². The molecule has 1 aromatic carbocycles. The number of nitro groups is 1. The van der Waals surface area contributed by atoms with Crippen LogP contribution in [0, 0.1) is 24.0 Å². The molecule has 1 rings (SSSR count). The van der Waals surface area contributed by atoms with Gasteiger partial charge in [0.15, 0.2) is 0 Å². The number of carbonyl (C=O) groups excluding carboxylic acids is 1. The number of aliphatic carboxylic acids is 1. The fourth-order valence-corrected chi connectivity index (χ4v) is 2.08. The van der Waals surface area contributed by atoms with Gasteiger partial charge in [-0.15, -0.1) is 0 Å². The number of aryl methyl sites for hydroxylation is 2. The molecule has 0 radical (unpaired) electrons. The van der Waals surface area contributed by atoms with E-state index >= 15 is 0 Å². The molecular formula is C14H18N2O5. The molecule has 0 aromatic heterocycles. The van der Waals surface area contributed by atoms with Gasteiger partial charge in [0.1, 0.15) is 0 Å². The summed E-state index contributed by atoms with van der Waals surface area (Å²) in [5, 5.41) is 22.0. The normalized spacial score (nSPS) is 10.2. The van der Waals surface area contributed by atoms with Crippen molar-refractivity contribution in [2.45, 2.75) is 33.1 Å². The summed E-state index contributed by atoms with van der Waals surface area (Å²) in [6, 6.07) is 2.97. The summed E-state index contributed by atoms with van der Waals surface area (Å²) in [4.78, 5) is 32.7. The highest BCUT2D eigenvalue weighted by molar-refractivity contribution is 5.95. The smallest absolute Gasteiger partial charge is 0.303 e. The van der Waals surface area contributed by atoms with Gasteiger partial charge in [0.2, 0.25) is 0 Å². The fraction of sp³-hybridized carbons (Fsp3) is 0.429. The first-order chi connectivity index (χ1) is 9.82. The van der Waals surface area contributed by atoms with Crippen LogP contribution in [-0.4, -0.2) is 28.5 Å². The Morgan fingerprint density at radius 3 is 2.29 bits per heavy atom. The second kappa shape index (κ2) is 7.37. The van der Waals surface area contributed by atoms with Crippen LogP contribution in [0.25, 0.3) is 0 Å². The Hall–Kier alpha value is -2.44. The van der Waals surface area contributed by atoms with E-state index in [1.54, 1.807) is 13.8 Å². The SMILES string of the molecule is Cc1cc(C(=O)NCCCCC(=O)O)cc(C)c1[N+](=O)[O-]. The maximum absolute atomic E-state index is 11.9. The summed E-state index contributed by atoms with van der Waals surface area (Å²) in [5.74, 6) is -1.17. The first kappa shape index (κ1) is 16.6. The highest BCUT2D eigenvalue weighted by Crippen LogP contribution is 2.24. The summed E-state index contributed by atoms with van der Waals surface area (Å²) in [7, 11) is 0. The zero-order valence-electron chi connectivity index (χ0n) is 12.0. The van der Waals surface area contributed by atoms with Gasteiger partial charge in [-0.25, -0.2) is 0 Å². The maximum atomic E-state index is 11.9. The third-order valence-electron chi connectivity index (χ3n) is 3.04. The van der Waals surface area contributed by atoms with Crippen molar-refractivity contribution >= 4 is 17.6 Å². The molecular weight excluding hydrogens is 276 g/mol. The van der Waals surface area contributed by atoms with E-state index in [0.717, 1.165) is 0 Å². The predicted octanol–water partition coefficient (Wildman–Crippen LogP) is 2.20. The van der Waals surface area contributed by atoms with Crippen LogP contribution < -0.4 is 5.32 Å². The number of nitrogens with one attached hydrogen (secondary N) is 1. The van der Waals surface area contributed by atoms with Gasteiger partial charge in [-0.2, -0.15) is 0 Å². The zero-order chi connectivity index (χ0) is 16.0. The van der Waals surface area contributed by atoms with Gasteiger partial charge in [-0.05, 0) is 38.8 Å². The van der Waals surface area contributed by atoms with Gasteiger partial charge in [0.05, 0.1) is 4.92 Å². The van der Waals surface area contributed by atoms with Crippen molar-refractivity contribution < 1.29 is 19.6 Å². The van der Waals surface area contributed by atoms with E-state index in [0.29, 0.717) is 36.1 Å². The molecule has 2 N–H and O–H groups in total. The van der Waals surface area contributed by atoms with Crippen LogP contribution in [-0.2, 0) is 4.79 Å². The Labute approximate surface area is 122 Å². The van der Waals surface area contributed by atoms with Crippen LogP contribution in [0.5, 0.6) is 0 Å². The van der Waals surface area contributed by atoms with Crippen molar-refractivity contribution in [3.05, 3.63) is 38.9 Å². The molecule has 0 unspecified atom stereocenters. The first-order valence-electron chi connectivity index (χ1n) is 6.58. The van der Waals surface area contributed by atoms with Crippen LogP contribution in [0.2, 0.25) is 0 Å². The highest BCUT2D eigenvalue weighted by atomic mass is 16.6. The monoisotopic (exact) mass is 294 g/mol. The molecule has 0 fully saturated rings. The molecule has 7 heteroatoms. The second-order valence-electron chi connectivity index (χ2n) is 4.82. The van der Waals surface area contributed by atoms with E-state index in [2.05, 4.69) is 5.32 Å². The number of nitro benzene ring substituents is 1. The van der Waals surface area contributed by atoms with Crippen LogP contribution >= 0.6 is 0 Å². The third kappa shape index (κ3) is 4.87. The van der Waals surface area contributed by atoms with Gasteiger partial charge in [0.25, 0.3) is 11.6 Å². The van der Waals surface area contributed by atoms with E-state index in [1.165, 1.54) is 12.1 Å². The number of carbonyl (C=O) groups is 2. The topological polar surface area (TPSA) is 110 Å². The summed E-state index contributed by atoms with van der Waals surface area (Å²) < 4.78 is 0. The van der Waals surface area contributed by atoms with Crippen molar-refractivity contribution in [1.82, 2.24) is 5.32 Å². The first-order valence-corrected chi connectivity index (χ1v) is 6.58. The molecule has 0 atom stereocenters. The molecule has 1 aromatic rings. The highest BCUT2D eigenvalue weighted by Gasteiger charge is 2.17. The number of unbranched alkanes of at least 4 members (excludes halogenated alkanes) is 1. The minimum Gasteiger partial charge on any atom is -0.481 e. The number of rotatable bonds is 7. The molecule has 0 aliphatic carbocycles. The van der Waals surface area contributed by atoms with Crippen molar-refractivity contribution in [3.8, 4) is 0 Å². The Kier molecular flexibility index (Phi) is 5.83. The second-order valence-corrected chi connectivity index (χ2v) is 4.82. The van der Waals surface area contributed by atoms with E-state index < -0.39 is 10.9 Å². The standard InChI is InChI=1S/C14H18N2O5/c1-9-7-11(8-10(2)13(9)16(20)21)14(19)15-6-4-3-5-12(17)18/h7-8H,3-6H2,1-2H3,(H,15,19)(H,17,18). The summed E-state index contributed by atoms with van der Waals surface area (Å²) in [5.41, 5.74) is 1.27. The Balaban J connectivity index is 2.63. The van der Waals surface area contributed by atoms with Gasteiger partial charge in [-0.1, -0.05) is 0 Å². The summed E-state index contributed by atoms with van der Waals surface area (Å²) in [6.45, 7) is 3.56. The molecule has 7 nitrogen and oxygen atoms in total. The summed E-state index contributed by atoms with van der Waals surface area (Å²) in [6.07, 6.45) is 1.14. The average Bonchev–Trinajstić information content (AvgIpc) is 2.36. The minimum atomic E-state index is -0.858. The number of benzene rings is 1. The fourth-order valence-electron chi connectivity index (χ4n) is 2.08. The lowest BCUT2D eigenvalue weighted by Crippen LogP contribution is -2.24. The number of carboxylic acid groups (broad SMARTS) is 1. The summed E-state index contributed by atoms with van der Waals surface area (Å²) >= 11 is 0. The number of hydrogen-bond acceptors (Lipinski definition) is 4. The van der Waals surface area contributed by atoms with Crippen molar-refractivity contribution in [3.63, 3.8) is 0 Å². The Morgan fingerprint density at radius 2 is 1.81 bits per heavy atom. The van der Waals surface area contributed by atoms with Crippen molar-refractivity contribution in [2.24, 2.45) is 0 Å². The van der Waals surface area contributed by atoms with E-state index in [9.17, 15) is 19.7 Å². The van der Waals surface area contributed by atoms with Crippen molar-refractivity contribution in [1.29, 1.82) is 0 Å². The molecule has 114 valence electrons. The molecule has 21 heavy (non-hydrogen) atoms. The number of carboxylic acids is 1.